The van der Waals surface area contributed by atoms with Crippen molar-refractivity contribution in [1.82, 2.24) is 4.90 Å². The van der Waals surface area contributed by atoms with Crippen LogP contribution in [0.15, 0.2) is 72.8 Å². The third-order valence-corrected chi connectivity index (χ3v) is 7.76. The van der Waals surface area contributed by atoms with Crippen molar-refractivity contribution in [2.45, 2.75) is 70.1 Å². The van der Waals surface area contributed by atoms with Crippen LogP contribution in [0, 0.1) is 11.3 Å². The van der Waals surface area contributed by atoms with Crippen molar-refractivity contribution in [2.75, 3.05) is 7.11 Å². The van der Waals surface area contributed by atoms with Gasteiger partial charge in [-0.1, -0.05) is 74.0 Å². The van der Waals surface area contributed by atoms with E-state index < -0.39 is 17.6 Å². The summed E-state index contributed by atoms with van der Waals surface area (Å²) in [5, 5.41) is 19.9. The maximum atomic E-state index is 13.5. The number of nitrogens with zero attached hydrogens (tertiary/aromatic N) is 2. The molecule has 1 saturated carbocycles. The van der Waals surface area contributed by atoms with Crippen LogP contribution in [-0.4, -0.2) is 40.6 Å². The van der Waals surface area contributed by atoms with Crippen molar-refractivity contribution in [3.63, 3.8) is 0 Å². The van der Waals surface area contributed by atoms with Gasteiger partial charge in [-0.25, -0.2) is 4.79 Å². The summed E-state index contributed by atoms with van der Waals surface area (Å²) in [4.78, 5) is 28.3. The molecule has 39 heavy (non-hydrogen) atoms. The molecule has 1 aliphatic rings. The molecule has 1 aliphatic carbocycles. The summed E-state index contributed by atoms with van der Waals surface area (Å²) in [6, 6.07) is 26.0. The minimum atomic E-state index is -1.09. The fraction of sp³-hybridized carbons (Fsp3) is 0.364. The standard InChI is InChI=1S/C33H36N2O4/c1-3-4-10-31(37)35(33(32(38)39-2)19-17-29(36)18-20-33)23-24-11-13-26(14-12-24)30-21-27(15-16-28(30)22-34)25-8-6-5-7-9-25/h5-9,11-16,21,29,36H,3-4,10,17-20,23H2,1-2H3. The molecule has 1 N–H and O–H groups in total. The number of aliphatic hydroxyl groups is 1. The fourth-order valence-corrected chi connectivity index (χ4v) is 5.46. The fourth-order valence-electron chi connectivity index (χ4n) is 5.46. The van der Waals surface area contributed by atoms with Gasteiger partial charge in [-0.3, -0.25) is 4.79 Å². The lowest BCUT2D eigenvalue weighted by atomic mass is 9.78. The topological polar surface area (TPSA) is 90.6 Å². The molecule has 0 bridgehead atoms. The number of carbonyl (C=O) groups is 2. The number of rotatable bonds is 9. The van der Waals surface area contributed by atoms with Gasteiger partial charge in [0.05, 0.1) is 24.8 Å². The molecule has 202 valence electrons. The van der Waals surface area contributed by atoms with Crippen molar-refractivity contribution in [3.05, 3.63) is 83.9 Å². The first-order valence-corrected chi connectivity index (χ1v) is 13.7. The Morgan fingerprint density at radius 2 is 1.67 bits per heavy atom. The Morgan fingerprint density at radius 3 is 2.28 bits per heavy atom. The quantitative estimate of drug-likeness (QED) is 0.334. The summed E-state index contributed by atoms with van der Waals surface area (Å²) < 4.78 is 5.21. The lowest BCUT2D eigenvalue weighted by Crippen LogP contribution is -2.59. The highest BCUT2D eigenvalue weighted by molar-refractivity contribution is 5.88. The van der Waals surface area contributed by atoms with Crippen molar-refractivity contribution >= 4 is 11.9 Å². The molecule has 0 saturated heterocycles. The Kier molecular flexibility index (Phi) is 9.16. The van der Waals surface area contributed by atoms with Gasteiger partial charge in [-0.05, 0) is 66.5 Å². The zero-order chi connectivity index (χ0) is 27.8. The van der Waals surface area contributed by atoms with Gasteiger partial charge in [-0.2, -0.15) is 5.26 Å². The molecule has 3 aromatic rings. The van der Waals surface area contributed by atoms with Crippen molar-refractivity contribution in [2.24, 2.45) is 0 Å². The van der Waals surface area contributed by atoms with Gasteiger partial charge in [0.2, 0.25) is 5.91 Å². The molecule has 0 atom stereocenters. The number of nitriles is 1. The van der Waals surface area contributed by atoms with E-state index in [0.717, 1.165) is 40.7 Å². The average Bonchev–Trinajstić information content (AvgIpc) is 2.99. The second-order valence-corrected chi connectivity index (χ2v) is 10.3. The van der Waals surface area contributed by atoms with Crippen molar-refractivity contribution in [1.29, 1.82) is 5.26 Å². The molecule has 4 rings (SSSR count). The first-order valence-electron chi connectivity index (χ1n) is 13.7. The van der Waals surface area contributed by atoms with Gasteiger partial charge in [0.15, 0.2) is 0 Å². The minimum Gasteiger partial charge on any atom is -0.467 e. The Labute approximate surface area is 230 Å². The van der Waals surface area contributed by atoms with E-state index in [0.29, 0.717) is 37.7 Å². The Morgan fingerprint density at radius 1 is 1.00 bits per heavy atom. The third kappa shape index (κ3) is 6.21. The van der Waals surface area contributed by atoms with Crippen LogP contribution in [-0.2, 0) is 20.9 Å². The van der Waals surface area contributed by atoms with Crippen LogP contribution in [0.5, 0.6) is 0 Å². The van der Waals surface area contributed by atoms with Gasteiger partial charge in [0.25, 0.3) is 0 Å². The Balaban J connectivity index is 1.66. The van der Waals surface area contributed by atoms with E-state index in [1.807, 2.05) is 79.7 Å². The third-order valence-electron chi connectivity index (χ3n) is 7.76. The summed E-state index contributed by atoms with van der Waals surface area (Å²) >= 11 is 0. The van der Waals surface area contributed by atoms with E-state index in [1.165, 1.54) is 7.11 Å². The Bertz CT molecular complexity index is 1320. The number of esters is 1. The zero-order valence-electron chi connectivity index (χ0n) is 22.7. The van der Waals surface area contributed by atoms with E-state index in [9.17, 15) is 20.0 Å². The monoisotopic (exact) mass is 524 g/mol. The number of methoxy groups -OCH3 is 1. The van der Waals surface area contributed by atoms with Crippen LogP contribution in [0.2, 0.25) is 0 Å². The first kappa shape index (κ1) is 28.1. The summed E-state index contributed by atoms with van der Waals surface area (Å²) in [5.41, 5.74) is 4.23. The van der Waals surface area contributed by atoms with E-state index in [2.05, 4.69) is 6.07 Å². The molecule has 6 nitrogen and oxygen atoms in total. The summed E-state index contributed by atoms with van der Waals surface area (Å²) in [7, 11) is 1.36. The molecule has 0 unspecified atom stereocenters. The molecule has 1 amide bonds. The van der Waals surface area contributed by atoms with Crippen molar-refractivity contribution < 1.29 is 19.4 Å². The highest BCUT2D eigenvalue weighted by Crippen LogP contribution is 2.37. The van der Waals surface area contributed by atoms with Crippen LogP contribution in [0.1, 0.15) is 63.0 Å². The SMILES string of the molecule is CCCCC(=O)N(Cc1ccc(-c2cc(-c3ccccc3)ccc2C#N)cc1)C1(C(=O)OC)CCC(O)CC1. The van der Waals surface area contributed by atoms with E-state index in [4.69, 9.17) is 4.74 Å². The molecule has 0 spiro atoms. The molecule has 0 heterocycles. The molecular formula is C33H36N2O4. The molecule has 0 aliphatic heterocycles. The van der Waals surface area contributed by atoms with Crippen LogP contribution in [0.25, 0.3) is 22.3 Å². The smallest absolute Gasteiger partial charge is 0.331 e. The predicted molar refractivity (Wildman–Crippen MR) is 151 cm³/mol. The van der Waals surface area contributed by atoms with E-state index in [-0.39, 0.29) is 12.5 Å². The highest BCUT2D eigenvalue weighted by Gasteiger charge is 2.49. The average molecular weight is 525 g/mol. The van der Waals surface area contributed by atoms with Gasteiger partial charge in [0, 0.05) is 18.5 Å². The number of ether oxygens (including phenoxy) is 1. The summed E-state index contributed by atoms with van der Waals surface area (Å²) in [6.45, 7) is 2.30. The maximum absolute atomic E-state index is 13.5. The number of unbranched alkanes of at least 4 members (excludes halogenated alkanes) is 1. The number of carbonyl (C=O) groups excluding carboxylic acids is 2. The maximum Gasteiger partial charge on any atom is 0.331 e. The van der Waals surface area contributed by atoms with Gasteiger partial charge in [0.1, 0.15) is 5.54 Å². The van der Waals surface area contributed by atoms with Gasteiger partial charge in [-0.15, -0.1) is 0 Å². The molecule has 1 fully saturated rings. The summed E-state index contributed by atoms with van der Waals surface area (Å²) in [6.07, 6.45) is 3.12. The number of amides is 1. The van der Waals surface area contributed by atoms with E-state index >= 15 is 0 Å². The molecule has 0 aromatic heterocycles. The highest BCUT2D eigenvalue weighted by atomic mass is 16.5. The number of hydrogen-bond donors (Lipinski definition) is 1. The zero-order valence-corrected chi connectivity index (χ0v) is 22.7. The number of benzene rings is 3. The summed E-state index contributed by atoms with van der Waals surface area (Å²) in [5.74, 6) is -0.502. The first-order chi connectivity index (χ1) is 18.9. The minimum absolute atomic E-state index is 0.0787. The second kappa shape index (κ2) is 12.7. The van der Waals surface area contributed by atoms with Crippen LogP contribution in [0.4, 0.5) is 0 Å². The van der Waals surface area contributed by atoms with Crippen LogP contribution < -0.4 is 0 Å². The molecule has 3 aromatic carbocycles. The number of aliphatic hydroxyl groups excluding tert-OH is 1. The van der Waals surface area contributed by atoms with Gasteiger partial charge < -0.3 is 14.7 Å². The normalized spacial score (nSPS) is 18.7. The number of hydrogen-bond acceptors (Lipinski definition) is 5. The largest absolute Gasteiger partial charge is 0.467 e. The van der Waals surface area contributed by atoms with Crippen LogP contribution in [0.3, 0.4) is 0 Å². The second-order valence-electron chi connectivity index (χ2n) is 10.3. The van der Waals surface area contributed by atoms with Crippen molar-refractivity contribution in [3.8, 4) is 28.3 Å². The van der Waals surface area contributed by atoms with Crippen LogP contribution >= 0.6 is 0 Å². The predicted octanol–water partition coefficient (Wildman–Crippen LogP) is 6.26. The van der Waals surface area contributed by atoms with E-state index in [1.54, 1.807) is 4.90 Å². The lowest BCUT2D eigenvalue weighted by molar-refractivity contribution is -0.167. The Hall–Kier alpha value is -3.95. The van der Waals surface area contributed by atoms with Gasteiger partial charge >= 0.3 is 5.97 Å². The molecule has 6 heteroatoms. The molecular weight excluding hydrogens is 488 g/mol. The molecule has 0 radical (unpaired) electrons. The lowest BCUT2D eigenvalue weighted by Gasteiger charge is -2.45.